The Bertz CT molecular complexity index is 439. The molecule has 0 aliphatic heterocycles. The Kier molecular flexibility index (Phi) is 4.87. The molecule has 100 valence electrons. The fraction of sp³-hybridized carbons (Fsp3) is 0.364. The number of aliphatic hydroxyl groups excluding tert-OH is 1. The molecular formula is C11H15FN2O4. The first-order valence-electron chi connectivity index (χ1n) is 5.19. The van der Waals surface area contributed by atoms with Crippen molar-refractivity contribution in [1.29, 1.82) is 0 Å². The zero-order chi connectivity index (χ0) is 13.7. The summed E-state index contributed by atoms with van der Waals surface area (Å²) in [5.41, 5.74) is 4.73. The highest BCUT2D eigenvalue weighted by Crippen LogP contribution is 2.25. The Balaban J connectivity index is 2.89. The minimum Gasteiger partial charge on any atom is -0.478 e. The molecule has 1 atom stereocenters. The number of benzene rings is 1. The molecule has 0 saturated carbocycles. The number of halogens is 1. The molecule has 0 saturated heterocycles. The summed E-state index contributed by atoms with van der Waals surface area (Å²) in [6, 6.07) is 2.32. The number of hydrogen-bond acceptors (Lipinski definition) is 5. The van der Waals surface area contributed by atoms with E-state index in [-0.39, 0.29) is 24.4 Å². The minimum atomic E-state index is -1.34. The number of nitrogens with one attached hydrogen (secondary N) is 1. The number of carboxylic acid groups (broad SMARTS) is 1. The van der Waals surface area contributed by atoms with E-state index in [2.05, 4.69) is 5.32 Å². The zero-order valence-electron chi connectivity index (χ0n) is 9.81. The zero-order valence-corrected chi connectivity index (χ0v) is 9.81. The molecule has 0 amide bonds. The lowest BCUT2D eigenvalue weighted by molar-refractivity contribution is 0.0694. The summed E-state index contributed by atoms with van der Waals surface area (Å²) in [7, 11) is 1.43. The van der Waals surface area contributed by atoms with E-state index in [1.807, 2.05) is 0 Å². The predicted molar refractivity (Wildman–Crippen MR) is 64.1 cm³/mol. The van der Waals surface area contributed by atoms with Gasteiger partial charge in [0.2, 0.25) is 0 Å². The summed E-state index contributed by atoms with van der Waals surface area (Å²) < 4.78 is 17.9. The number of hydrogen-bond donors (Lipinski definition) is 4. The monoisotopic (exact) mass is 258 g/mol. The number of carboxylic acids is 1. The molecule has 1 rings (SSSR count). The molecule has 0 bridgehead atoms. The third-order valence-corrected chi connectivity index (χ3v) is 2.29. The smallest absolute Gasteiger partial charge is 0.340 e. The number of rotatable bonds is 6. The van der Waals surface area contributed by atoms with E-state index in [4.69, 9.17) is 15.6 Å². The molecule has 5 N–H and O–H groups in total. The van der Waals surface area contributed by atoms with Crippen LogP contribution in [-0.4, -0.2) is 42.5 Å². The molecule has 1 aromatic carbocycles. The molecular weight excluding hydrogens is 243 g/mol. The normalized spacial score (nSPS) is 12.2. The molecule has 1 aromatic rings. The van der Waals surface area contributed by atoms with Gasteiger partial charge in [-0.15, -0.1) is 0 Å². The number of anilines is 2. The first kappa shape index (κ1) is 14.2. The Labute approximate surface area is 103 Å². The van der Waals surface area contributed by atoms with Gasteiger partial charge in [0.1, 0.15) is 11.4 Å². The van der Waals surface area contributed by atoms with Crippen molar-refractivity contribution in [3.63, 3.8) is 0 Å². The van der Waals surface area contributed by atoms with Crippen LogP contribution >= 0.6 is 0 Å². The van der Waals surface area contributed by atoms with Gasteiger partial charge in [-0.05, 0) is 12.1 Å². The number of nitrogen functional groups attached to an aromatic ring is 1. The Morgan fingerprint density at radius 3 is 2.83 bits per heavy atom. The van der Waals surface area contributed by atoms with Gasteiger partial charge in [-0.3, -0.25) is 0 Å². The molecule has 0 heterocycles. The van der Waals surface area contributed by atoms with E-state index >= 15 is 0 Å². The molecule has 18 heavy (non-hydrogen) atoms. The van der Waals surface area contributed by atoms with Gasteiger partial charge >= 0.3 is 5.97 Å². The van der Waals surface area contributed by atoms with Crippen LogP contribution in [0.25, 0.3) is 0 Å². The molecule has 1 unspecified atom stereocenters. The number of carbonyl (C=O) groups is 1. The van der Waals surface area contributed by atoms with Crippen molar-refractivity contribution in [2.24, 2.45) is 0 Å². The van der Waals surface area contributed by atoms with E-state index in [0.29, 0.717) is 0 Å². The van der Waals surface area contributed by atoms with Gasteiger partial charge in [-0.2, -0.15) is 0 Å². The molecule has 0 spiro atoms. The van der Waals surface area contributed by atoms with Gasteiger partial charge in [0.05, 0.1) is 24.1 Å². The van der Waals surface area contributed by atoms with E-state index in [9.17, 15) is 14.3 Å². The first-order chi connectivity index (χ1) is 8.47. The number of ether oxygens (including phenoxy) is 1. The third-order valence-electron chi connectivity index (χ3n) is 2.29. The highest BCUT2D eigenvalue weighted by atomic mass is 19.1. The quantitative estimate of drug-likeness (QED) is 0.555. The Morgan fingerprint density at radius 1 is 1.61 bits per heavy atom. The average molecular weight is 258 g/mol. The average Bonchev–Trinajstić information content (AvgIpc) is 2.30. The maximum absolute atomic E-state index is 13.2. The second-order valence-corrected chi connectivity index (χ2v) is 3.68. The number of aliphatic hydroxyl groups is 1. The first-order valence-corrected chi connectivity index (χ1v) is 5.19. The van der Waals surface area contributed by atoms with Crippen molar-refractivity contribution in [3.8, 4) is 0 Å². The van der Waals surface area contributed by atoms with E-state index in [1.54, 1.807) is 0 Å². The Hall–Kier alpha value is -1.86. The maximum atomic E-state index is 13.2. The topological polar surface area (TPSA) is 105 Å². The van der Waals surface area contributed by atoms with Crippen molar-refractivity contribution in [1.82, 2.24) is 0 Å². The van der Waals surface area contributed by atoms with Crippen molar-refractivity contribution >= 4 is 17.3 Å². The highest BCUT2D eigenvalue weighted by molar-refractivity contribution is 6.00. The number of methoxy groups -OCH3 is 1. The maximum Gasteiger partial charge on any atom is 0.340 e. The standard InChI is InChI=1S/C11H15FN2O4/c1-18-5-6(15)4-14-8-3-2-7(12)10(13)9(8)11(16)17/h2-3,6,14-15H,4-5,13H2,1H3,(H,16,17). The van der Waals surface area contributed by atoms with Crippen LogP contribution in [0.5, 0.6) is 0 Å². The summed E-state index contributed by atoms with van der Waals surface area (Å²) in [4.78, 5) is 11.0. The number of aromatic carboxylic acids is 1. The van der Waals surface area contributed by atoms with Crippen LogP contribution in [0.15, 0.2) is 12.1 Å². The van der Waals surface area contributed by atoms with Gasteiger partial charge in [0, 0.05) is 13.7 Å². The Morgan fingerprint density at radius 2 is 2.28 bits per heavy atom. The molecule has 0 fully saturated rings. The van der Waals surface area contributed by atoms with Gasteiger partial charge in [0.25, 0.3) is 0 Å². The second kappa shape index (κ2) is 6.18. The summed E-state index contributed by atoms with van der Waals surface area (Å²) in [6.07, 6.45) is -0.803. The van der Waals surface area contributed by atoms with Crippen LogP contribution in [-0.2, 0) is 4.74 Å². The van der Waals surface area contributed by atoms with Gasteiger partial charge < -0.3 is 26.0 Å². The lowest BCUT2D eigenvalue weighted by Gasteiger charge is -2.14. The van der Waals surface area contributed by atoms with Gasteiger partial charge in [-0.25, -0.2) is 9.18 Å². The molecule has 6 nitrogen and oxygen atoms in total. The lowest BCUT2D eigenvalue weighted by atomic mass is 10.1. The largest absolute Gasteiger partial charge is 0.478 e. The minimum absolute atomic E-state index is 0.0686. The molecule has 0 aliphatic rings. The van der Waals surface area contributed by atoms with E-state index < -0.39 is 23.6 Å². The van der Waals surface area contributed by atoms with E-state index in [0.717, 1.165) is 6.07 Å². The van der Waals surface area contributed by atoms with Crippen molar-refractivity contribution < 1.29 is 24.1 Å². The highest BCUT2D eigenvalue weighted by Gasteiger charge is 2.17. The van der Waals surface area contributed by atoms with Crippen molar-refractivity contribution in [2.45, 2.75) is 6.10 Å². The van der Waals surface area contributed by atoms with Crippen LogP contribution in [0.4, 0.5) is 15.8 Å². The lowest BCUT2D eigenvalue weighted by Crippen LogP contribution is -2.25. The van der Waals surface area contributed by atoms with Crippen molar-refractivity contribution in [3.05, 3.63) is 23.5 Å². The summed E-state index contributed by atoms with van der Waals surface area (Å²) in [5, 5.41) is 21.1. The number of nitrogens with two attached hydrogens (primary N) is 1. The van der Waals surface area contributed by atoms with Crippen LogP contribution in [0.3, 0.4) is 0 Å². The van der Waals surface area contributed by atoms with Crippen LogP contribution < -0.4 is 11.1 Å². The van der Waals surface area contributed by atoms with Gasteiger partial charge in [0.15, 0.2) is 0 Å². The SMILES string of the molecule is COCC(O)CNc1ccc(F)c(N)c1C(=O)O. The second-order valence-electron chi connectivity index (χ2n) is 3.68. The van der Waals surface area contributed by atoms with Gasteiger partial charge in [-0.1, -0.05) is 0 Å². The molecule has 7 heteroatoms. The third kappa shape index (κ3) is 3.31. The van der Waals surface area contributed by atoms with E-state index in [1.165, 1.54) is 13.2 Å². The molecule has 0 aromatic heterocycles. The van der Waals surface area contributed by atoms with Crippen LogP contribution in [0.1, 0.15) is 10.4 Å². The van der Waals surface area contributed by atoms with Crippen LogP contribution in [0, 0.1) is 5.82 Å². The summed E-state index contributed by atoms with van der Waals surface area (Å²) >= 11 is 0. The predicted octanol–water partition coefficient (Wildman–Crippen LogP) is 0.525. The fourth-order valence-corrected chi connectivity index (χ4v) is 1.45. The fourth-order valence-electron chi connectivity index (χ4n) is 1.45. The summed E-state index contributed by atoms with van der Waals surface area (Å²) in [5.74, 6) is -2.13. The molecule has 0 aliphatic carbocycles. The summed E-state index contributed by atoms with van der Waals surface area (Å²) in [6.45, 7) is 0.172. The molecule has 0 radical (unpaired) electrons. The van der Waals surface area contributed by atoms with Crippen molar-refractivity contribution in [2.75, 3.05) is 31.3 Å². The van der Waals surface area contributed by atoms with Crippen LogP contribution in [0.2, 0.25) is 0 Å².